The number of hydrogen-bond donors (Lipinski definition) is 1. The van der Waals surface area contributed by atoms with Gasteiger partial charge in [0.15, 0.2) is 0 Å². The predicted molar refractivity (Wildman–Crippen MR) is 156 cm³/mol. The maximum atomic E-state index is 13.4. The van der Waals surface area contributed by atoms with Crippen LogP contribution in [-0.4, -0.2) is 82.2 Å². The van der Waals surface area contributed by atoms with Gasteiger partial charge in [-0.15, -0.1) is 6.58 Å². The molecule has 0 spiro atoms. The van der Waals surface area contributed by atoms with Crippen LogP contribution in [0.2, 0.25) is 0 Å². The molecule has 0 radical (unpaired) electrons. The molecule has 1 aromatic carbocycles. The average Bonchev–Trinajstić information content (AvgIpc) is 3.16. The zero-order valence-electron chi connectivity index (χ0n) is 24.2. The highest BCUT2D eigenvalue weighted by Crippen LogP contribution is 2.26. The number of ether oxygens (including phenoxy) is 1. The zero-order chi connectivity index (χ0) is 28.4. The number of fused-ring (bicyclic) bond motifs is 1. The molecule has 0 bridgehead atoms. The van der Waals surface area contributed by atoms with Gasteiger partial charge in [0.1, 0.15) is 11.6 Å². The lowest BCUT2D eigenvalue weighted by molar-refractivity contribution is -0.130. The number of carbonyl (C=O) groups is 2. The van der Waals surface area contributed by atoms with Crippen molar-refractivity contribution in [3.8, 4) is 5.75 Å². The van der Waals surface area contributed by atoms with E-state index in [9.17, 15) is 9.59 Å². The van der Waals surface area contributed by atoms with Gasteiger partial charge in [-0.05, 0) is 50.5 Å². The highest BCUT2D eigenvalue weighted by molar-refractivity contribution is 5.95. The molecule has 4 rings (SSSR count). The smallest absolute Gasteiger partial charge is 0.254 e. The Morgan fingerprint density at radius 2 is 1.87 bits per heavy atom. The van der Waals surface area contributed by atoms with E-state index >= 15 is 0 Å². The number of allylic oxidation sites excluding steroid dienone is 2. The summed E-state index contributed by atoms with van der Waals surface area (Å²) in [6.07, 6.45) is 7.68. The summed E-state index contributed by atoms with van der Waals surface area (Å²) in [5.41, 5.74) is 3.57. The van der Waals surface area contributed by atoms with E-state index in [0.29, 0.717) is 25.3 Å². The molecule has 0 aliphatic carbocycles. The van der Waals surface area contributed by atoms with Crippen molar-refractivity contribution >= 4 is 17.6 Å². The second kappa shape index (κ2) is 14.5. The fourth-order valence-electron chi connectivity index (χ4n) is 4.61. The number of anilines is 1. The molecule has 2 amide bonds. The maximum Gasteiger partial charge on any atom is 0.254 e. The number of aromatic nitrogens is 2. The molecule has 2 aromatic rings. The van der Waals surface area contributed by atoms with Crippen LogP contribution in [0.25, 0.3) is 0 Å². The minimum Gasteiger partial charge on any atom is -0.493 e. The van der Waals surface area contributed by atoms with Gasteiger partial charge in [-0.2, -0.15) is 5.10 Å². The van der Waals surface area contributed by atoms with Crippen LogP contribution in [-0.2, 0) is 18.4 Å². The van der Waals surface area contributed by atoms with E-state index in [-0.39, 0.29) is 11.8 Å². The first-order chi connectivity index (χ1) is 18.8. The number of nitrogens with zero attached hydrogens (tertiary/aromatic N) is 5. The molecule has 212 valence electrons. The monoisotopic (exact) mass is 536 g/mol. The number of carbonyl (C=O) groups excluding carboxylic acids is 2. The molecule has 1 aromatic heterocycles. The fraction of sp³-hybridized carbons (Fsp3) is 0.500. The van der Waals surface area contributed by atoms with E-state index in [1.165, 1.54) is 0 Å². The van der Waals surface area contributed by atoms with Crippen molar-refractivity contribution in [3.05, 3.63) is 65.5 Å². The average molecular weight is 537 g/mol. The van der Waals surface area contributed by atoms with Gasteiger partial charge in [-0.25, -0.2) is 0 Å². The number of aryl methyl sites for hydroxylation is 2. The Hall–Kier alpha value is -3.59. The lowest BCUT2D eigenvalue weighted by atomic mass is 10.1. The second-order valence-corrected chi connectivity index (χ2v) is 9.97. The summed E-state index contributed by atoms with van der Waals surface area (Å²) in [4.78, 5) is 30.9. The summed E-state index contributed by atoms with van der Waals surface area (Å²) in [6, 6.07) is 5.66. The first-order valence-corrected chi connectivity index (χ1v) is 13.8. The first-order valence-electron chi connectivity index (χ1n) is 13.8. The van der Waals surface area contributed by atoms with Crippen LogP contribution >= 0.6 is 0 Å². The lowest BCUT2D eigenvalue weighted by Crippen LogP contribution is -2.48. The van der Waals surface area contributed by atoms with Gasteiger partial charge >= 0.3 is 0 Å². The summed E-state index contributed by atoms with van der Waals surface area (Å²) in [5, 5.41) is 7.73. The standard InChI is InChI=1S/C26H36N6O3.C4H8/c1-5-23-18-32(17-22-16-27-29(4)25(22)28-23)26(34)21-7-8-24(19(2)15-21)35-14-6-9-30-10-12-31(13-11-30)20(3)33;1-3-4-2/h5,7-8,15-16,28H,6,9-14,17-18H2,1-4H3;3H,1,4H2,2H3/b23-5+;. The third kappa shape index (κ3) is 8.20. The Balaban J connectivity index is 0.000000983. The molecule has 9 heteroatoms. The highest BCUT2D eigenvalue weighted by atomic mass is 16.5. The van der Waals surface area contributed by atoms with Crippen molar-refractivity contribution in [1.82, 2.24) is 24.5 Å². The highest BCUT2D eigenvalue weighted by Gasteiger charge is 2.25. The number of rotatable bonds is 7. The van der Waals surface area contributed by atoms with Crippen LogP contribution in [0.5, 0.6) is 5.75 Å². The molecule has 9 nitrogen and oxygen atoms in total. The maximum absolute atomic E-state index is 13.4. The van der Waals surface area contributed by atoms with E-state index in [2.05, 4.69) is 28.8 Å². The third-order valence-electron chi connectivity index (χ3n) is 7.06. The molecule has 2 aliphatic rings. The summed E-state index contributed by atoms with van der Waals surface area (Å²) < 4.78 is 7.83. The van der Waals surface area contributed by atoms with Crippen molar-refractivity contribution < 1.29 is 14.3 Å². The Morgan fingerprint density at radius 3 is 2.49 bits per heavy atom. The molecular weight excluding hydrogens is 492 g/mol. The minimum absolute atomic E-state index is 0.0118. The Kier molecular flexibility index (Phi) is 11.2. The van der Waals surface area contributed by atoms with Gasteiger partial charge in [0.05, 0.1) is 25.9 Å². The number of amides is 2. The van der Waals surface area contributed by atoms with Crippen LogP contribution in [0.1, 0.15) is 55.1 Å². The Morgan fingerprint density at radius 1 is 1.15 bits per heavy atom. The van der Waals surface area contributed by atoms with Gasteiger partial charge in [0.2, 0.25) is 5.91 Å². The van der Waals surface area contributed by atoms with E-state index < -0.39 is 0 Å². The minimum atomic E-state index is -0.0118. The molecular formula is C30H44N6O3. The summed E-state index contributed by atoms with van der Waals surface area (Å²) in [7, 11) is 1.90. The molecule has 1 saturated heterocycles. The molecule has 0 atom stereocenters. The fourth-order valence-corrected chi connectivity index (χ4v) is 4.61. The quantitative estimate of drug-likeness (QED) is 0.422. The normalized spacial score (nSPS) is 16.5. The molecule has 1 N–H and O–H groups in total. The molecule has 2 aliphatic heterocycles. The van der Waals surface area contributed by atoms with Crippen molar-refractivity contribution in [2.75, 3.05) is 51.2 Å². The van der Waals surface area contributed by atoms with Crippen molar-refractivity contribution in [3.63, 3.8) is 0 Å². The Labute approximate surface area is 233 Å². The third-order valence-corrected chi connectivity index (χ3v) is 7.06. The van der Waals surface area contributed by atoms with Gasteiger partial charge in [-0.1, -0.05) is 19.1 Å². The predicted octanol–water partition coefficient (Wildman–Crippen LogP) is 4.22. The van der Waals surface area contributed by atoms with Crippen LogP contribution in [0, 0.1) is 6.92 Å². The van der Waals surface area contributed by atoms with Crippen LogP contribution < -0.4 is 10.1 Å². The van der Waals surface area contributed by atoms with Gasteiger partial charge in [0, 0.05) is 63.5 Å². The summed E-state index contributed by atoms with van der Waals surface area (Å²) >= 11 is 0. The summed E-state index contributed by atoms with van der Waals surface area (Å²) in [5.74, 6) is 1.88. The largest absolute Gasteiger partial charge is 0.493 e. The van der Waals surface area contributed by atoms with E-state index in [4.69, 9.17) is 4.74 Å². The van der Waals surface area contributed by atoms with E-state index in [1.807, 2.05) is 67.2 Å². The first kappa shape index (κ1) is 30.0. The lowest BCUT2D eigenvalue weighted by Gasteiger charge is -2.34. The molecule has 0 saturated carbocycles. The van der Waals surface area contributed by atoms with Gasteiger partial charge < -0.3 is 19.9 Å². The Bertz CT molecular complexity index is 1160. The molecule has 0 unspecified atom stereocenters. The SMILES string of the molecule is C/C=C1\CN(C(=O)c2ccc(OCCCN3CCN(C(C)=O)CC3)c(C)c2)Cc2cnn(C)c2N1.C=CCC. The summed E-state index contributed by atoms with van der Waals surface area (Å²) in [6.45, 7) is 17.1. The number of nitrogens with one attached hydrogen (secondary N) is 1. The number of piperazine rings is 1. The molecule has 39 heavy (non-hydrogen) atoms. The van der Waals surface area contributed by atoms with Gasteiger partial charge in [0.25, 0.3) is 5.91 Å². The van der Waals surface area contributed by atoms with Crippen molar-refractivity contribution in [2.24, 2.45) is 7.05 Å². The zero-order valence-corrected chi connectivity index (χ0v) is 24.2. The topological polar surface area (TPSA) is 82.9 Å². The molecule has 1 fully saturated rings. The van der Waals surface area contributed by atoms with Crippen LogP contribution in [0.4, 0.5) is 5.82 Å². The number of hydrogen-bond acceptors (Lipinski definition) is 6. The number of benzene rings is 1. The second-order valence-electron chi connectivity index (χ2n) is 9.97. The van der Waals surface area contributed by atoms with Crippen molar-refractivity contribution in [1.29, 1.82) is 0 Å². The van der Waals surface area contributed by atoms with E-state index in [1.54, 1.807) is 11.6 Å². The van der Waals surface area contributed by atoms with Gasteiger partial charge in [-0.3, -0.25) is 19.2 Å². The van der Waals surface area contributed by atoms with Crippen LogP contribution in [0.15, 0.2) is 48.8 Å². The molecule has 3 heterocycles. The van der Waals surface area contributed by atoms with Crippen LogP contribution in [0.3, 0.4) is 0 Å². The van der Waals surface area contributed by atoms with E-state index in [0.717, 1.165) is 74.0 Å². The van der Waals surface area contributed by atoms with Crippen molar-refractivity contribution in [2.45, 2.75) is 47.1 Å².